The summed E-state index contributed by atoms with van der Waals surface area (Å²) in [6.07, 6.45) is -1.22. The van der Waals surface area contributed by atoms with Gasteiger partial charge in [0.05, 0.1) is 5.56 Å². The SMILES string of the molecule is Oc1ccc(C(F)(F)F)cc1[C@@H](C1CCC1)N1CCNCC1. The van der Waals surface area contributed by atoms with Crippen LogP contribution in [0, 0.1) is 5.92 Å². The average Bonchev–Trinajstić information content (AvgIpc) is 2.43. The van der Waals surface area contributed by atoms with Crippen LogP contribution in [0.5, 0.6) is 5.75 Å². The highest BCUT2D eigenvalue weighted by Gasteiger charge is 2.37. The quantitative estimate of drug-likeness (QED) is 0.899. The second kappa shape index (κ2) is 6.08. The normalized spacial score (nSPS) is 22.3. The van der Waals surface area contributed by atoms with Gasteiger partial charge in [-0.3, -0.25) is 4.90 Å². The molecule has 1 aromatic carbocycles. The highest BCUT2D eigenvalue weighted by molar-refractivity contribution is 5.40. The Morgan fingerprint density at radius 3 is 2.41 bits per heavy atom. The first-order valence-electron chi connectivity index (χ1n) is 7.81. The van der Waals surface area contributed by atoms with Crippen LogP contribution in [0.4, 0.5) is 13.2 Å². The third-order valence-corrected chi connectivity index (χ3v) is 4.81. The van der Waals surface area contributed by atoms with Crippen LogP contribution in [0.15, 0.2) is 18.2 Å². The van der Waals surface area contributed by atoms with Gasteiger partial charge >= 0.3 is 6.18 Å². The van der Waals surface area contributed by atoms with Crippen molar-refractivity contribution in [2.75, 3.05) is 26.2 Å². The number of hydrogen-bond donors (Lipinski definition) is 2. The molecule has 1 aromatic rings. The van der Waals surface area contributed by atoms with Gasteiger partial charge in [-0.25, -0.2) is 0 Å². The van der Waals surface area contributed by atoms with Crippen molar-refractivity contribution in [3.05, 3.63) is 29.3 Å². The van der Waals surface area contributed by atoms with Gasteiger partial charge in [0, 0.05) is 37.8 Å². The van der Waals surface area contributed by atoms with Crippen LogP contribution in [0.1, 0.15) is 36.4 Å². The largest absolute Gasteiger partial charge is 0.508 e. The summed E-state index contributed by atoms with van der Waals surface area (Å²) in [4.78, 5) is 2.22. The summed E-state index contributed by atoms with van der Waals surface area (Å²) >= 11 is 0. The summed E-state index contributed by atoms with van der Waals surface area (Å²) < 4.78 is 39.0. The molecule has 2 aliphatic rings. The highest BCUT2D eigenvalue weighted by Crippen LogP contribution is 2.45. The molecule has 3 rings (SSSR count). The minimum absolute atomic E-state index is 0.0246. The fraction of sp³-hybridized carbons (Fsp3) is 0.625. The lowest BCUT2D eigenvalue weighted by Crippen LogP contribution is -2.47. The van der Waals surface area contributed by atoms with E-state index in [4.69, 9.17) is 0 Å². The smallest absolute Gasteiger partial charge is 0.416 e. The van der Waals surface area contributed by atoms with E-state index < -0.39 is 11.7 Å². The Labute approximate surface area is 128 Å². The third kappa shape index (κ3) is 3.08. The molecule has 0 unspecified atom stereocenters. The lowest BCUT2D eigenvalue weighted by Gasteiger charge is -2.43. The van der Waals surface area contributed by atoms with Gasteiger partial charge < -0.3 is 10.4 Å². The van der Waals surface area contributed by atoms with Gasteiger partial charge in [-0.1, -0.05) is 6.42 Å². The second-order valence-electron chi connectivity index (χ2n) is 6.19. The first-order chi connectivity index (χ1) is 10.5. The van der Waals surface area contributed by atoms with Gasteiger partial charge in [-0.2, -0.15) is 13.2 Å². The number of alkyl halides is 3. The predicted octanol–water partition coefficient (Wildman–Crippen LogP) is 3.16. The maximum Gasteiger partial charge on any atom is 0.416 e. The lowest BCUT2D eigenvalue weighted by molar-refractivity contribution is -0.137. The van der Waals surface area contributed by atoms with Crippen LogP contribution in [0.25, 0.3) is 0 Å². The van der Waals surface area contributed by atoms with Gasteiger partial charge in [0.25, 0.3) is 0 Å². The fourth-order valence-corrected chi connectivity index (χ4v) is 3.43. The van der Waals surface area contributed by atoms with Crippen molar-refractivity contribution in [1.82, 2.24) is 10.2 Å². The Bertz CT molecular complexity index is 523. The molecule has 0 radical (unpaired) electrons. The van der Waals surface area contributed by atoms with E-state index in [0.29, 0.717) is 11.5 Å². The first kappa shape index (κ1) is 15.6. The van der Waals surface area contributed by atoms with Crippen molar-refractivity contribution in [2.24, 2.45) is 5.92 Å². The average molecular weight is 314 g/mol. The van der Waals surface area contributed by atoms with E-state index in [2.05, 4.69) is 10.2 Å². The zero-order valence-corrected chi connectivity index (χ0v) is 12.4. The van der Waals surface area contributed by atoms with E-state index in [1.54, 1.807) is 0 Å². The third-order valence-electron chi connectivity index (χ3n) is 4.81. The Balaban J connectivity index is 1.95. The number of nitrogens with zero attached hydrogens (tertiary/aromatic N) is 1. The maximum atomic E-state index is 13.0. The van der Waals surface area contributed by atoms with Crippen LogP contribution >= 0.6 is 0 Å². The van der Waals surface area contributed by atoms with Crippen LogP contribution in [-0.2, 0) is 6.18 Å². The molecule has 1 heterocycles. The van der Waals surface area contributed by atoms with Crippen molar-refractivity contribution in [3.8, 4) is 5.75 Å². The number of piperazine rings is 1. The molecule has 0 spiro atoms. The van der Waals surface area contributed by atoms with Gasteiger partial charge in [0.2, 0.25) is 0 Å². The minimum Gasteiger partial charge on any atom is -0.508 e. The van der Waals surface area contributed by atoms with Crippen molar-refractivity contribution in [2.45, 2.75) is 31.5 Å². The minimum atomic E-state index is -4.38. The van der Waals surface area contributed by atoms with E-state index >= 15 is 0 Å². The van der Waals surface area contributed by atoms with E-state index in [9.17, 15) is 18.3 Å². The number of benzene rings is 1. The summed E-state index contributed by atoms with van der Waals surface area (Å²) in [5, 5.41) is 13.4. The molecule has 1 saturated carbocycles. The summed E-state index contributed by atoms with van der Waals surface area (Å²) in [7, 11) is 0. The van der Waals surface area contributed by atoms with Crippen LogP contribution in [0.3, 0.4) is 0 Å². The lowest BCUT2D eigenvalue weighted by atomic mass is 9.76. The van der Waals surface area contributed by atoms with E-state index in [0.717, 1.165) is 57.6 Å². The molecule has 2 fully saturated rings. The van der Waals surface area contributed by atoms with Crippen LogP contribution in [0.2, 0.25) is 0 Å². The molecule has 0 amide bonds. The van der Waals surface area contributed by atoms with Gasteiger partial charge in [-0.05, 0) is 37.0 Å². The Hall–Kier alpha value is -1.27. The molecule has 0 aromatic heterocycles. The maximum absolute atomic E-state index is 13.0. The van der Waals surface area contributed by atoms with Crippen molar-refractivity contribution in [3.63, 3.8) is 0 Å². The number of hydrogen-bond acceptors (Lipinski definition) is 3. The van der Waals surface area contributed by atoms with Gasteiger partial charge in [0.1, 0.15) is 5.75 Å². The van der Waals surface area contributed by atoms with Crippen molar-refractivity contribution >= 4 is 0 Å². The molecule has 6 heteroatoms. The zero-order valence-electron chi connectivity index (χ0n) is 12.4. The monoisotopic (exact) mass is 314 g/mol. The molecule has 3 nitrogen and oxygen atoms in total. The number of rotatable bonds is 3. The standard InChI is InChI=1S/C16H21F3N2O/c17-16(18,19)12-4-5-14(22)13(10-12)15(11-2-1-3-11)21-8-6-20-7-9-21/h4-5,10-11,15,20,22H,1-3,6-9H2/t15-/m1/s1. The number of nitrogens with one attached hydrogen (secondary N) is 1. The molecule has 1 aliphatic heterocycles. The fourth-order valence-electron chi connectivity index (χ4n) is 3.43. The number of halogens is 3. The molecule has 22 heavy (non-hydrogen) atoms. The molecule has 122 valence electrons. The van der Waals surface area contributed by atoms with Gasteiger partial charge in [0.15, 0.2) is 0 Å². The summed E-state index contributed by atoms with van der Waals surface area (Å²) in [6.45, 7) is 3.28. The summed E-state index contributed by atoms with van der Waals surface area (Å²) in [6, 6.07) is 3.17. The summed E-state index contributed by atoms with van der Waals surface area (Å²) in [5.74, 6) is 0.316. The Morgan fingerprint density at radius 2 is 1.86 bits per heavy atom. The molecule has 1 atom stereocenters. The van der Waals surface area contributed by atoms with Gasteiger partial charge in [-0.15, -0.1) is 0 Å². The predicted molar refractivity (Wildman–Crippen MR) is 77.6 cm³/mol. The number of phenols is 1. The topological polar surface area (TPSA) is 35.5 Å². The van der Waals surface area contributed by atoms with Crippen LogP contribution < -0.4 is 5.32 Å². The van der Waals surface area contributed by atoms with E-state index in [-0.39, 0.29) is 11.8 Å². The van der Waals surface area contributed by atoms with Crippen molar-refractivity contribution in [1.29, 1.82) is 0 Å². The number of phenolic OH excluding ortho intramolecular Hbond substituents is 1. The number of aromatic hydroxyl groups is 1. The van der Waals surface area contributed by atoms with Crippen LogP contribution in [-0.4, -0.2) is 36.2 Å². The van der Waals surface area contributed by atoms with E-state index in [1.807, 2.05) is 0 Å². The molecule has 0 bridgehead atoms. The van der Waals surface area contributed by atoms with Crippen molar-refractivity contribution < 1.29 is 18.3 Å². The first-order valence-corrected chi connectivity index (χ1v) is 7.81. The molecular weight excluding hydrogens is 293 g/mol. The zero-order chi connectivity index (χ0) is 15.7. The summed E-state index contributed by atoms with van der Waals surface area (Å²) in [5.41, 5.74) is -0.249. The Morgan fingerprint density at radius 1 is 1.18 bits per heavy atom. The molecule has 1 aliphatic carbocycles. The highest BCUT2D eigenvalue weighted by atomic mass is 19.4. The van der Waals surface area contributed by atoms with E-state index in [1.165, 1.54) is 6.07 Å². The molecule has 2 N–H and O–H groups in total. The second-order valence-corrected chi connectivity index (χ2v) is 6.19. The molecule has 1 saturated heterocycles. The Kier molecular flexibility index (Phi) is 4.32. The molecular formula is C16H21F3N2O.